The number of aromatic nitrogens is 2. The van der Waals surface area contributed by atoms with Crippen molar-refractivity contribution < 1.29 is 4.74 Å². The fourth-order valence-corrected chi connectivity index (χ4v) is 3.30. The molecule has 2 aromatic rings. The zero-order valence-corrected chi connectivity index (χ0v) is 15.7. The first-order valence-electron chi connectivity index (χ1n) is 8.49. The number of benzene rings is 1. The molecule has 0 saturated carbocycles. The molecule has 1 unspecified atom stereocenters. The van der Waals surface area contributed by atoms with Crippen molar-refractivity contribution in [1.82, 2.24) is 9.97 Å². The van der Waals surface area contributed by atoms with Crippen molar-refractivity contribution in [3.05, 3.63) is 45.6 Å². The molecule has 1 aliphatic heterocycles. The van der Waals surface area contributed by atoms with Gasteiger partial charge in [0.15, 0.2) is 0 Å². The van der Waals surface area contributed by atoms with Crippen LogP contribution < -0.4 is 10.6 Å². The van der Waals surface area contributed by atoms with Crippen LogP contribution in [0.4, 0.5) is 11.8 Å². The zero-order chi connectivity index (χ0) is 17.6. The molecule has 7 heteroatoms. The van der Waals surface area contributed by atoms with Crippen LogP contribution in [0.2, 0.25) is 10.0 Å². The minimum Gasteiger partial charge on any atom is -0.376 e. The zero-order valence-electron chi connectivity index (χ0n) is 14.2. The van der Waals surface area contributed by atoms with Crippen LogP contribution in [-0.4, -0.2) is 35.8 Å². The molecule has 0 amide bonds. The van der Waals surface area contributed by atoms with Crippen molar-refractivity contribution in [2.45, 2.75) is 32.3 Å². The Balaban J connectivity index is 1.54. The van der Waals surface area contributed by atoms with E-state index in [1.807, 2.05) is 25.1 Å². The maximum atomic E-state index is 6.20. The van der Waals surface area contributed by atoms with E-state index in [4.69, 9.17) is 27.9 Å². The lowest BCUT2D eigenvalue weighted by Crippen LogP contribution is -2.19. The van der Waals surface area contributed by atoms with Crippen molar-refractivity contribution in [2.24, 2.45) is 0 Å². The second-order valence-corrected chi connectivity index (χ2v) is 6.99. The number of rotatable bonds is 7. The summed E-state index contributed by atoms with van der Waals surface area (Å²) in [5, 5.41) is 7.92. The summed E-state index contributed by atoms with van der Waals surface area (Å²) in [6, 6.07) is 7.49. The second-order valence-electron chi connectivity index (χ2n) is 6.15. The molecule has 1 atom stereocenters. The number of hydrogen-bond acceptors (Lipinski definition) is 5. The maximum absolute atomic E-state index is 6.20. The molecule has 1 aromatic heterocycles. The maximum Gasteiger partial charge on any atom is 0.224 e. The molecular weight excluding hydrogens is 359 g/mol. The molecule has 0 spiro atoms. The molecule has 1 aliphatic rings. The molecule has 3 rings (SSSR count). The van der Waals surface area contributed by atoms with Crippen LogP contribution in [0.25, 0.3) is 0 Å². The van der Waals surface area contributed by atoms with Gasteiger partial charge < -0.3 is 15.4 Å². The van der Waals surface area contributed by atoms with Crippen molar-refractivity contribution in [2.75, 3.05) is 30.3 Å². The fourth-order valence-electron chi connectivity index (χ4n) is 2.80. The van der Waals surface area contributed by atoms with Gasteiger partial charge in [0.05, 0.1) is 6.10 Å². The van der Waals surface area contributed by atoms with Crippen LogP contribution in [0.3, 0.4) is 0 Å². The van der Waals surface area contributed by atoms with E-state index in [-0.39, 0.29) is 6.10 Å². The van der Waals surface area contributed by atoms with Crippen LogP contribution >= 0.6 is 23.2 Å². The minimum atomic E-state index is 0.277. The largest absolute Gasteiger partial charge is 0.376 e. The van der Waals surface area contributed by atoms with Gasteiger partial charge in [-0.2, -0.15) is 4.98 Å². The highest BCUT2D eigenvalue weighted by molar-refractivity contribution is 6.35. The molecule has 0 radical (unpaired) electrons. The summed E-state index contributed by atoms with van der Waals surface area (Å²) >= 11 is 12.1. The average molecular weight is 381 g/mol. The number of ether oxygens (including phenoxy) is 1. The van der Waals surface area contributed by atoms with Crippen LogP contribution in [0, 0.1) is 6.92 Å². The van der Waals surface area contributed by atoms with Crippen LogP contribution in [0.5, 0.6) is 0 Å². The molecule has 0 aliphatic carbocycles. The first-order valence-corrected chi connectivity index (χ1v) is 9.25. The predicted molar refractivity (Wildman–Crippen MR) is 103 cm³/mol. The minimum absolute atomic E-state index is 0.277. The summed E-state index contributed by atoms with van der Waals surface area (Å²) in [6.45, 7) is 4.28. The van der Waals surface area contributed by atoms with Gasteiger partial charge in [-0.3, -0.25) is 0 Å². The first-order chi connectivity index (χ1) is 12.1. The van der Waals surface area contributed by atoms with E-state index in [1.165, 1.54) is 0 Å². The molecule has 5 nitrogen and oxygen atoms in total. The number of halogens is 2. The van der Waals surface area contributed by atoms with Gasteiger partial charge in [-0.15, -0.1) is 0 Å². The van der Waals surface area contributed by atoms with Gasteiger partial charge in [0.25, 0.3) is 0 Å². The van der Waals surface area contributed by atoms with Gasteiger partial charge in [-0.1, -0.05) is 29.3 Å². The SMILES string of the molecule is Cc1cc(NCC2CCCO2)nc(NCCc2ccc(Cl)cc2Cl)n1. The Morgan fingerprint density at radius 2 is 2.08 bits per heavy atom. The lowest BCUT2D eigenvalue weighted by molar-refractivity contribution is 0.120. The average Bonchev–Trinajstić information content (AvgIpc) is 3.08. The third-order valence-electron chi connectivity index (χ3n) is 4.08. The van der Waals surface area contributed by atoms with Gasteiger partial charge in [0, 0.05) is 41.5 Å². The van der Waals surface area contributed by atoms with Crippen LogP contribution in [0.1, 0.15) is 24.1 Å². The number of anilines is 2. The highest BCUT2D eigenvalue weighted by Crippen LogP contribution is 2.21. The van der Waals surface area contributed by atoms with Gasteiger partial charge in [0.2, 0.25) is 5.95 Å². The van der Waals surface area contributed by atoms with E-state index in [0.717, 1.165) is 49.5 Å². The van der Waals surface area contributed by atoms with E-state index < -0.39 is 0 Å². The van der Waals surface area contributed by atoms with Gasteiger partial charge in [-0.25, -0.2) is 4.98 Å². The number of nitrogens with zero attached hydrogens (tertiary/aromatic N) is 2. The second kappa shape index (κ2) is 8.70. The van der Waals surface area contributed by atoms with E-state index >= 15 is 0 Å². The molecule has 1 saturated heterocycles. The fraction of sp³-hybridized carbons (Fsp3) is 0.444. The molecule has 134 valence electrons. The molecule has 2 heterocycles. The summed E-state index contributed by atoms with van der Waals surface area (Å²) in [5.74, 6) is 1.43. The Hall–Kier alpha value is -1.56. The highest BCUT2D eigenvalue weighted by Gasteiger charge is 2.15. The van der Waals surface area contributed by atoms with Crippen molar-refractivity contribution in [3.63, 3.8) is 0 Å². The van der Waals surface area contributed by atoms with Crippen LogP contribution in [0.15, 0.2) is 24.3 Å². The summed E-state index contributed by atoms with van der Waals surface area (Å²) < 4.78 is 5.63. The Morgan fingerprint density at radius 1 is 1.20 bits per heavy atom. The molecule has 0 bridgehead atoms. The molecule has 2 N–H and O–H groups in total. The topological polar surface area (TPSA) is 59.1 Å². The highest BCUT2D eigenvalue weighted by atomic mass is 35.5. The predicted octanol–water partition coefficient (Wildman–Crippen LogP) is 4.34. The normalized spacial score (nSPS) is 16.8. The Labute approximate surface area is 158 Å². The van der Waals surface area contributed by atoms with Crippen LogP contribution in [-0.2, 0) is 11.2 Å². The molecule has 1 fully saturated rings. The summed E-state index contributed by atoms with van der Waals surface area (Å²) in [4.78, 5) is 8.95. The van der Waals surface area contributed by atoms with Crippen molar-refractivity contribution in [1.29, 1.82) is 0 Å². The van der Waals surface area contributed by atoms with Gasteiger partial charge in [0.1, 0.15) is 5.82 Å². The Kier molecular flexibility index (Phi) is 6.34. The molecular formula is C18H22Cl2N4O. The quantitative estimate of drug-likeness (QED) is 0.747. The number of aryl methyl sites for hydroxylation is 1. The van der Waals surface area contributed by atoms with Gasteiger partial charge >= 0.3 is 0 Å². The lowest BCUT2D eigenvalue weighted by Gasteiger charge is -2.13. The Morgan fingerprint density at radius 3 is 2.84 bits per heavy atom. The number of hydrogen-bond donors (Lipinski definition) is 2. The standard InChI is InChI=1S/C18H22Cl2N4O/c1-12-9-17(22-11-15-3-2-8-25-15)24-18(23-12)21-7-6-13-4-5-14(19)10-16(13)20/h4-5,9-10,15H,2-3,6-8,11H2,1H3,(H2,21,22,23,24). The van der Waals surface area contributed by atoms with E-state index in [9.17, 15) is 0 Å². The van der Waals surface area contributed by atoms with Crippen molar-refractivity contribution >= 4 is 35.0 Å². The van der Waals surface area contributed by atoms with E-state index in [1.54, 1.807) is 6.07 Å². The Bertz CT molecular complexity index is 720. The lowest BCUT2D eigenvalue weighted by atomic mass is 10.1. The van der Waals surface area contributed by atoms with E-state index in [0.29, 0.717) is 22.5 Å². The molecule has 25 heavy (non-hydrogen) atoms. The third kappa shape index (κ3) is 5.46. The first kappa shape index (κ1) is 18.2. The van der Waals surface area contributed by atoms with E-state index in [2.05, 4.69) is 20.6 Å². The summed E-state index contributed by atoms with van der Waals surface area (Å²) in [6.07, 6.45) is 3.28. The van der Waals surface area contributed by atoms with Gasteiger partial charge in [-0.05, 0) is 43.9 Å². The molecule has 1 aromatic carbocycles. The smallest absolute Gasteiger partial charge is 0.224 e. The number of nitrogens with one attached hydrogen (secondary N) is 2. The third-order valence-corrected chi connectivity index (χ3v) is 4.67. The van der Waals surface area contributed by atoms with Crippen molar-refractivity contribution in [3.8, 4) is 0 Å². The summed E-state index contributed by atoms with van der Waals surface area (Å²) in [7, 11) is 0. The monoisotopic (exact) mass is 380 g/mol. The summed E-state index contributed by atoms with van der Waals surface area (Å²) in [5.41, 5.74) is 1.96.